The van der Waals surface area contributed by atoms with Gasteiger partial charge in [-0.2, -0.15) is 0 Å². The summed E-state index contributed by atoms with van der Waals surface area (Å²) < 4.78 is 4.57. The Labute approximate surface area is 113 Å². The van der Waals surface area contributed by atoms with Gasteiger partial charge in [-0.3, -0.25) is 4.79 Å². The van der Waals surface area contributed by atoms with Crippen molar-refractivity contribution in [3.8, 4) is 0 Å². The monoisotopic (exact) mass is 264 g/mol. The molecule has 1 rings (SSSR count). The predicted molar refractivity (Wildman–Crippen MR) is 72.6 cm³/mol. The third kappa shape index (κ3) is 4.71. The first-order valence-electron chi connectivity index (χ1n) is 6.18. The van der Waals surface area contributed by atoms with Gasteiger partial charge in [-0.15, -0.1) is 0 Å². The van der Waals surface area contributed by atoms with Crippen LogP contribution in [0.2, 0.25) is 0 Å². The number of carbonyl (C=O) groups excluding carboxylic acids is 2. The maximum Gasteiger partial charge on any atom is 0.328 e. The molecule has 0 heterocycles. The number of amides is 1. The van der Waals surface area contributed by atoms with Crippen LogP contribution in [-0.2, 0) is 20.7 Å². The van der Waals surface area contributed by atoms with E-state index in [0.29, 0.717) is 6.42 Å². The van der Waals surface area contributed by atoms with Gasteiger partial charge in [0.1, 0.15) is 6.04 Å². The number of ether oxygens (including phenoxy) is 1. The van der Waals surface area contributed by atoms with Gasteiger partial charge >= 0.3 is 5.97 Å². The topological polar surface area (TPSA) is 67.4 Å². The zero-order chi connectivity index (χ0) is 14.3. The molecule has 0 spiro atoms. The van der Waals surface area contributed by atoms with Gasteiger partial charge in [-0.25, -0.2) is 4.79 Å². The number of likely N-dealkylation sites (N-methyl/N-ethyl adjacent to an activating group) is 1. The summed E-state index contributed by atoms with van der Waals surface area (Å²) in [5.41, 5.74) is 1.06. The first kappa shape index (κ1) is 15.2. The number of carbonyl (C=O) groups is 2. The Balaban J connectivity index is 2.60. The molecule has 0 unspecified atom stereocenters. The molecule has 5 heteroatoms. The van der Waals surface area contributed by atoms with Gasteiger partial charge in [0.05, 0.1) is 13.2 Å². The van der Waals surface area contributed by atoms with Crippen molar-refractivity contribution in [2.24, 2.45) is 0 Å². The van der Waals surface area contributed by atoms with Gasteiger partial charge in [-0.05, 0) is 26.0 Å². The van der Waals surface area contributed by atoms with Crippen LogP contribution in [0.3, 0.4) is 0 Å². The standard InChI is InChI=1S/C14H20N2O3/c1-10(14(18)19-3)16-13(17)12(15-2)9-11-7-5-4-6-8-11/h4-8,10,12,15H,9H2,1-3H3,(H,16,17)/t10-,12+/m0/s1. The molecular weight excluding hydrogens is 244 g/mol. The molecule has 0 saturated carbocycles. The zero-order valence-electron chi connectivity index (χ0n) is 11.5. The molecule has 0 aromatic heterocycles. The molecular formula is C14H20N2O3. The van der Waals surface area contributed by atoms with Crippen molar-refractivity contribution in [3.63, 3.8) is 0 Å². The molecule has 1 aromatic carbocycles. The van der Waals surface area contributed by atoms with E-state index in [1.165, 1.54) is 7.11 Å². The predicted octanol–water partition coefficient (Wildman–Crippen LogP) is 0.495. The van der Waals surface area contributed by atoms with Crippen LogP contribution in [0.25, 0.3) is 0 Å². The molecule has 5 nitrogen and oxygen atoms in total. The van der Waals surface area contributed by atoms with Crippen LogP contribution in [0.15, 0.2) is 30.3 Å². The quantitative estimate of drug-likeness (QED) is 0.734. The second kappa shape index (κ2) is 7.53. The largest absolute Gasteiger partial charge is 0.467 e. The second-order valence-corrected chi connectivity index (χ2v) is 4.28. The molecule has 0 saturated heterocycles. The summed E-state index contributed by atoms with van der Waals surface area (Å²) in [7, 11) is 3.01. The van der Waals surface area contributed by atoms with Crippen molar-refractivity contribution in [2.75, 3.05) is 14.2 Å². The molecule has 0 aliphatic rings. The third-order valence-electron chi connectivity index (χ3n) is 2.86. The third-order valence-corrected chi connectivity index (χ3v) is 2.86. The summed E-state index contributed by atoms with van der Waals surface area (Å²) >= 11 is 0. The molecule has 0 aliphatic heterocycles. The maximum absolute atomic E-state index is 12.0. The van der Waals surface area contributed by atoms with Crippen molar-refractivity contribution in [1.82, 2.24) is 10.6 Å². The summed E-state index contributed by atoms with van der Waals surface area (Å²) in [5, 5.41) is 5.57. The van der Waals surface area contributed by atoms with E-state index in [1.54, 1.807) is 14.0 Å². The van der Waals surface area contributed by atoms with Gasteiger partial charge in [0.25, 0.3) is 0 Å². The molecule has 2 N–H and O–H groups in total. The average Bonchev–Trinajstić information content (AvgIpc) is 2.44. The number of hydrogen-bond donors (Lipinski definition) is 2. The van der Waals surface area contributed by atoms with E-state index in [9.17, 15) is 9.59 Å². The number of hydrogen-bond acceptors (Lipinski definition) is 4. The van der Waals surface area contributed by atoms with Crippen LogP contribution in [0.5, 0.6) is 0 Å². The van der Waals surface area contributed by atoms with Crippen molar-refractivity contribution in [2.45, 2.75) is 25.4 Å². The van der Waals surface area contributed by atoms with E-state index in [4.69, 9.17) is 0 Å². The van der Waals surface area contributed by atoms with Gasteiger partial charge in [0.15, 0.2) is 0 Å². The Kier molecular flexibility index (Phi) is 6.02. The van der Waals surface area contributed by atoms with Gasteiger partial charge in [0.2, 0.25) is 5.91 Å². The molecule has 104 valence electrons. The fraction of sp³-hybridized carbons (Fsp3) is 0.429. The minimum atomic E-state index is -0.649. The molecule has 1 amide bonds. The van der Waals surface area contributed by atoms with E-state index in [0.717, 1.165) is 5.56 Å². The Morgan fingerprint density at radius 1 is 1.26 bits per heavy atom. The highest BCUT2D eigenvalue weighted by atomic mass is 16.5. The van der Waals surface area contributed by atoms with Crippen molar-refractivity contribution in [3.05, 3.63) is 35.9 Å². The van der Waals surface area contributed by atoms with E-state index < -0.39 is 12.0 Å². The Morgan fingerprint density at radius 3 is 2.42 bits per heavy atom. The van der Waals surface area contributed by atoms with Crippen molar-refractivity contribution < 1.29 is 14.3 Å². The Hall–Kier alpha value is -1.88. The summed E-state index contributed by atoms with van der Waals surface area (Å²) in [6.45, 7) is 1.60. The average molecular weight is 264 g/mol. The van der Waals surface area contributed by atoms with Crippen LogP contribution < -0.4 is 10.6 Å². The van der Waals surface area contributed by atoms with Crippen molar-refractivity contribution in [1.29, 1.82) is 0 Å². The normalized spacial score (nSPS) is 13.4. The van der Waals surface area contributed by atoms with E-state index >= 15 is 0 Å². The Morgan fingerprint density at radius 2 is 1.89 bits per heavy atom. The highest BCUT2D eigenvalue weighted by Gasteiger charge is 2.22. The molecule has 0 radical (unpaired) electrons. The number of nitrogens with one attached hydrogen (secondary N) is 2. The Bertz CT molecular complexity index is 420. The summed E-state index contributed by atoms with van der Waals surface area (Å²) in [6, 6.07) is 8.67. The van der Waals surface area contributed by atoms with Crippen LogP contribution in [0.4, 0.5) is 0 Å². The number of rotatable bonds is 6. The number of methoxy groups -OCH3 is 1. The van der Waals surface area contributed by atoms with E-state index in [1.807, 2.05) is 30.3 Å². The summed E-state index contributed by atoms with van der Waals surface area (Å²) in [6.07, 6.45) is 0.567. The van der Waals surface area contributed by atoms with E-state index in [2.05, 4.69) is 15.4 Å². The fourth-order valence-corrected chi connectivity index (χ4v) is 1.73. The molecule has 19 heavy (non-hydrogen) atoms. The van der Waals surface area contributed by atoms with Crippen LogP contribution in [0.1, 0.15) is 12.5 Å². The van der Waals surface area contributed by atoms with Gasteiger partial charge in [-0.1, -0.05) is 30.3 Å². The smallest absolute Gasteiger partial charge is 0.328 e. The summed E-state index contributed by atoms with van der Waals surface area (Å²) in [5.74, 6) is -0.674. The van der Waals surface area contributed by atoms with Crippen LogP contribution >= 0.6 is 0 Å². The minimum Gasteiger partial charge on any atom is -0.467 e. The molecule has 0 aliphatic carbocycles. The lowest BCUT2D eigenvalue weighted by molar-refractivity contribution is -0.144. The lowest BCUT2D eigenvalue weighted by Crippen LogP contribution is -2.49. The fourth-order valence-electron chi connectivity index (χ4n) is 1.73. The van der Waals surface area contributed by atoms with Crippen LogP contribution in [0, 0.1) is 0 Å². The SMILES string of the molecule is CN[C@H](Cc1ccccc1)C(=O)N[C@@H](C)C(=O)OC. The van der Waals surface area contributed by atoms with Crippen LogP contribution in [-0.4, -0.2) is 38.1 Å². The zero-order valence-corrected chi connectivity index (χ0v) is 11.5. The van der Waals surface area contributed by atoms with Gasteiger partial charge in [0, 0.05) is 0 Å². The molecule has 0 bridgehead atoms. The summed E-state index contributed by atoms with van der Waals surface area (Å²) in [4.78, 5) is 23.3. The number of benzene rings is 1. The first-order chi connectivity index (χ1) is 9.08. The molecule has 1 aromatic rings. The number of esters is 1. The first-order valence-corrected chi connectivity index (χ1v) is 6.18. The molecule has 2 atom stereocenters. The molecule has 0 fully saturated rings. The minimum absolute atomic E-state index is 0.218. The maximum atomic E-state index is 12.0. The van der Waals surface area contributed by atoms with Crippen molar-refractivity contribution >= 4 is 11.9 Å². The lowest BCUT2D eigenvalue weighted by Gasteiger charge is -2.18. The highest BCUT2D eigenvalue weighted by Crippen LogP contribution is 2.03. The highest BCUT2D eigenvalue weighted by molar-refractivity contribution is 5.87. The van der Waals surface area contributed by atoms with Gasteiger partial charge < -0.3 is 15.4 Å². The van der Waals surface area contributed by atoms with E-state index in [-0.39, 0.29) is 11.9 Å². The second-order valence-electron chi connectivity index (χ2n) is 4.28. The lowest BCUT2D eigenvalue weighted by atomic mass is 10.1.